The third-order valence-corrected chi connectivity index (χ3v) is 5.39. The smallest absolute Gasteiger partial charge is 0.194 e. The topological polar surface area (TPSA) is 54.3 Å². The quantitative estimate of drug-likeness (QED) is 0.827. The van der Waals surface area contributed by atoms with E-state index in [4.69, 9.17) is 4.74 Å². The second-order valence-corrected chi connectivity index (χ2v) is 7.04. The van der Waals surface area contributed by atoms with Gasteiger partial charge < -0.3 is 4.74 Å². The van der Waals surface area contributed by atoms with Crippen LogP contribution in [-0.2, 0) is 11.2 Å². The summed E-state index contributed by atoms with van der Waals surface area (Å²) in [6, 6.07) is 11.9. The minimum Gasteiger partial charge on any atom is -0.370 e. The molecule has 6 heteroatoms. The Morgan fingerprint density at radius 3 is 2.77 bits per heavy atom. The molecule has 2 aromatic carbocycles. The Kier molecular flexibility index (Phi) is 3.88. The molecule has 0 bridgehead atoms. The lowest BCUT2D eigenvalue weighted by atomic mass is 9.97. The molecule has 3 unspecified atom stereocenters. The van der Waals surface area contributed by atoms with Gasteiger partial charge in [-0.3, -0.25) is 4.79 Å². The third-order valence-electron chi connectivity index (χ3n) is 5.39. The number of para-hydroxylation sites is 1. The molecular weight excluding hydrogens is 333 g/mol. The normalized spacial score (nSPS) is 27.2. The van der Waals surface area contributed by atoms with E-state index in [1.807, 2.05) is 32.0 Å². The Hall–Kier alpha value is -2.60. The number of carbonyl (C=O) groups excluding carboxylic acids is 1. The number of ether oxygens (including phenoxy) is 1. The lowest BCUT2D eigenvalue weighted by molar-refractivity contribution is 0.0181. The van der Waals surface area contributed by atoms with Crippen LogP contribution in [0.3, 0.4) is 0 Å². The van der Waals surface area contributed by atoms with Gasteiger partial charge >= 0.3 is 0 Å². The average molecular weight is 353 g/mol. The predicted octanol–water partition coefficient (Wildman–Crippen LogP) is 4.29. The Labute approximate surface area is 151 Å². The number of anilines is 1. The van der Waals surface area contributed by atoms with E-state index in [1.165, 1.54) is 6.07 Å². The molecule has 5 nitrogen and oxygen atoms in total. The molecule has 0 aromatic heterocycles. The number of ketones is 1. The number of fused-ring (bicyclic) bond motifs is 1. The van der Waals surface area contributed by atoms with Crippen LogP contribution in [0.1, 0.15) is 41.4 Å². The van der Waals surface area contributed by atoms with Gasteiger partial charge in [0.05, 0.1) is 11.7 Å². The van der Waals surface area contributed by atoms with Gasteiger partial charge in [-0.25, -0.2) is 9.40 Å². The number of hydrogen-bond acceptors (Lipinski definition) is 5. The first-order valence-corrected chi connectivity index (χ1v) is 8.62. The molecule has 1 aliphatic carbocycles. The van der Waals surface area contributed by atoms with Gasteiger partial charge in [-0.2, -0.15) is 5.11 Å². The summed E-state index contributed by atoms with van der Waals surface area (Å²) in [7, 11) is 1.56. The Bertz CT molecular complexity index is 914. The Morgan fingerprint density at radius 1 is 1.27 bits per heavy atom. The van der Waals surface area contributed by atoms with E-state index in [-0.39, 0.29) is 23.7 Å². The van der Waals surface area contributed by atoms with Crippen molar-refractivity contribution in [2.24, 2.45) is 10.3 Å². The number of hydrogen-bond donors (Lipinski definition) is 0. The van der Waals surface area contributed by atoms with E-state index in [9.17, 15) is 9.18 Å². The molecule has 0 spiro atoms. The number of benzene rings is 2. The van der Waals surface area contributed by atoms with E-state index in [2.05, 4.69) is 10.3 Å². The van der Waals surface area contributed by atoms with Crippen molar-refractivity contribution in [3.8, 4) is 0 Å². The van der Waals surface area contributed by atoms with E-state index < -0.39 is 5.60 Å². The maximum atomic E-state index is 14.1. The van der Waals surface area contributed by atoms with Gasteiger partial charge in [0.15, 0.2) is 5.78 Å². The summed E-state index contributed by atoms with van der Waals surface area (Å²) in [6.07, 6.45) is 0.542. The number of nitrogens with zero attached hydrogens (tertiary/aromatic N) is 3. The van der Waals surface area contributed by atoms with Gasteiger partial charge in [0.25, 0.3) is 0 Å². The maximum absolute atomic E-state index is 14.1. The summed E-state index contributed by atoms with van der Waals surface area (Å²) in [5.41, 5.74) is 2.24. The zero-order chi connectivity index (χ0) is 18.5. The first kappa shape index (κ1) is 16.8. The molecule has 26 heavy (non-hydrogen) atoms. The van der Waals surface area contributed by atoms with Crippen LogP contribution in [0.5, 0.6) is 0 Å². The molecule has 3 atom stereocenters. The van der Waals surface area contributed by atoms with Gasteiger partial charge in [0.1, 0.15) is 17.5 Å². The van der Waals surface area contributed by atoms with Crippen molar-refractivity contribution in [3.05, 3.63) is 65.0 Å². The van der Waals surface area contributed by atoms with E-state index in [0.29, 0.717) is 17.7 Å². The average Bonchev–Trinajstić information content (AvgIpc) is 3.13. The Balaban J connectivity index is 1.63. The summed E-state index contributed by atoms with van der Waals surface area (Å²) in [5, 5.41) is 10.1. The van der Waals surface area contributed by atoms with Crippen molar-refractivity contribution in [3.63, 3.8) is 0 Å². The van der Waals surface area contributed by atoms with Crippen molar-refractivity contribution in [1.82, 2.24) is 0 Å². The predicted molar refractivity (Wildman–Crippen MR) is 95.8 cm³/mol. The van der Waals surface area contributed by atoms with Crippen LogP contribution in [0, 0.1) is 5.82 Å². The van der Waals surface area contributed by atoms with E-state index >= 15 is 0 Å². The largest absolute Gasteiger partial charge is 0.370 e. The molecule has 1 heterocycles. The standard InChI is InChI=1S/C20H20FN3O2/c1-12-18(22-23-24(12)17-7-5-4-6-16(17)21)13-8-9-15-14(10-13)11-20(2,26-3)19(15)25/h4-10,12,18H,11H2,1-3H3. The van der Waals surface area contributed by atoms with Crippen LogP contribution >= 0.6 is 0 Å². The second-order valence-electron chi connectivity index (χ2n) is 7.04. The molecule has 0 N–H and O–H groups in total. The van der Waals surface area contributed by atoms with Gasteiger partial charge in [0, 0.05) is 19.1 Å². The first-order chi connectivity index (χ1) is 12.4. The van der Waals surface area contributed by atoms with Gasteiger partial charge in [-0.15, -0.1) is 0 Å². The highest BCUT2D eigenvalue weighted by Gasteiger charge is 2.42. The number of carbonyl (C=O) groups is 1. The molecule has 0 amide bonds. The fourth-order valence-corrected chi connectivity index (χ4v) is 3.73. The van der Waals surface area contributed by atoms with Gasteiger partial charge in [0.2, 0.25) is 0 Å². The molecule has 134 valence electrons. The highest BCUT2D eigenvalue weighted by Crippen LogP contribution is 2.39. The summed E-state index contributed by atoms with van der Waals surface area (Å²) in [6.45, 7) is 3.78. The van der Waals surface area contributed by atoms with Crippen molar-refractivity contribution < 1.29 is 13.9 Å². The van der Waals surface area contributed by atoms with Gasteiger partial charge in [-0.1, -0.05) is 35.6 Å². The van der Waals surface area contributed by atoms with Crippen LogP contribution in [0.4, 0.5) is 10.1 Å². The molecule has 2 aliphatic rings. The number of rotatable bonds is 3. The number of Topliss-reactive ketones (excluding diaryl/α,β-unsaturated/α-hetero) is 1. The minimum absolute atomic E-state index is 0.00984. The molecule has 0 fully saturated rings. The third kappa shape index (κ3) is 2.44. The van der Waals surface area contributed by atoms with Crippen molar-refractivity contribution in [2.45, 2.75) is 38.0 Å². The second kappa shape index (κ2) is 5.99. The molecular formula is C20H20FN3O2. The summed E-state index contributed by atoms with van der Waals surface area (Å²) >= 11 is 0. The SMILES string of the molecule is COC1(C)Cc2cc(C3N=NN(c4ccccc4F)C3C)ccc2C1=O. The summed E-state index contributed by atoms with van der Waals surface area (Å²) in [4.78, 5) is 12.5. The van der Waals surface area contributed by atoms with Crippen LogP contribution in [-0.4, -0.2) is 24.5 Å². The first-order valence-electron chi connectivity index (χ1n) is 8.62. The summed E-state index contributed by atoms with van der Waals surface area (Å²) < 4.78 is 19.5. The molecule has 0 saturated heterocycles. The zero-order valence-corrected chi connectivity index (χ0v) is 14.9. The minimum atomic E-state index is -0.803. The molecule has 0 saturated carbocycles. The van der Waals surface area contributed by atoms with Crippen LogP contribution < -0.4 is 5.01 Å². The van der Waals surface area contributed by atoms with Gasteiger partial charge in [-0.05, 0) is 37.1 Å². The summed E-state index contributed by atoms with van der Waals surface area (Å²) in [5.74, 6) is -0.315. The molecule has 1 aliphatic heterocycles. The zero-order valence-electron chi connectivity index (χ0n) is 14.9. The lowest BCUT2D eigenvalue weighted by Crippen LogP contribution is -2.34. The van der Waals surface area contributed by atoms with E-state index in [1.54, 1.807) is 30.3 Å². The monoisotopic (exact) mass is 353 g/mol. The molecule has 0 radical (unpaired) electrons. The fraction of sp³-hybridized carbons (Fsp3) is 0.350. The highest BCUT2D eigenvalue weighted by atomic mass is 19.1. The van der Waals surface area contributed by atoms with Crippen molar-refractivity contribution >= 4 is 11.5 Å². The molecule has 2 aromatic rings. The maximum Gasteiger partial charge on any atom is 0.194 e. The molecule has 4 rings (SSSR count). The highest BCUT2D eigenvalue weighted by molar-refractivity contribution is 6.06. The fourth-order valence-electron chi connectivity index (χ4n) is 3.73. The van der Waals surface area contributed by atoms with Crippen LogP contribution in [0.25, 0.3) is 0 Å². The van der Waals surface area contributed by atoms with Crippen molar-refractivity contribution in [1.29, 1.82) is 0 Å². The van der Waals surface area contributed by atoms with Crippen molar-refractivity contribution in [2.75, 3.05) is 12.1 Å². The van der Waals surface area contributed by atoms with Crippen LogP contribution in [0.2, 0.25) is 0 Å². The number of halogens is 1. The Morgan fingerprint density at radius 2 is 2.04 bits per heavy atom. The van der Waals surface area contributed by atoms with E-state index in [0.717, 1.165) is 11.1 Å². The lowest BCUT2D eigenvalue weighted by Gasteiger charge is -2.22. The van der Waals surface area contributed by atoms with Crippen LogP contribution in [0.15, 0.2) is 52.8 Å². The number of methoxy groups -OCH3 is 1.